The summed E-state index contributed by atoms with van der Waals surface area (Å²) in [6, 6.07) is 19.9. The fourth-order valence-electron chi connectivity index (χ4n) is 3.24. The number of nitrogens with one attached hydrogen (secondary N) is 1. The van der Waals surface area contributed by atoms with Crippen molar-refractivity contribution in [3.05, 3.63) is 78.4 Å². The van der Waals surface area contributed by atoms with Crippen LogP contribution in [0, 0.1) is 0 Å². The summed E-state index contributed by atoms with van der Waals surface area (Å²) >= 11 is 0. The van der Waals surface area contributed by atoms with E-state index in [1.54, 1.807) is 43.5 Å². The monoisotopic (exact) mass is 470 g/mol. The molecule has 33 heavy (non-hydrogen) atoms. The highest BCUT2D eigenvalue weighted by Gasteiger charge is 2.28. The van der Waals surface area contributed by atoms with Crippen molar-refractivity contribution >= 4 is 21.6 Å². The molecule has 0 atom stereocenters. The maximum atomic E-state index is 13.5. The molecule has 0 bridgehead atoms. The molecule has 3 rings (SSSR count). The van der Waals surface area contributed by atoms with E-state index in [-0.39, 0.29) is 17.1 Å². The summed E-state index contributed by atoms with van der Waals surface area (Å²) in [6.07, 6.45) is 0. The van der Waals surface area contributed by atoms with Gasteiger partial charge < -0.3 is 19.5 Å². The first-order chi connectivity index (χ1) is 15.9. The van der Waals surface area contributed by atoms with Crippen molar-refractivity contribution in [2.24, 2.45) is 0 Å². The Morgan fingerprint density at radius 2 is 1.45 bits per heavy atom. The van der Waals surface area contributed by atoms with E-state index in [2.05, 4.69) is 5.32 Å². The Kier molecular flexibility index (Phi) is 7.78. The molecule has 0 fully saturated rings. The van der Waals surface area contributed by atoms with Crippen LogP contribution >= 0.6 is 0 Å². The van der Waals surface area contributed by atoms with Gasteiger partial charge in [0.2, 0.25) is 5.91 Å². The van der Waals surface area contributed by atoms with Gasteiger partial charge in [0.15, 0.2) is 11.5 Å². The summed E-state index contributed by atoms with van der Waals surface area (Å²) < 4.78 is 43.8. The molecule has 0 radical (unpaired) electrons. The lowest BCUT2D eigenvalue weighted by molar-refractivity contribution is -0.119. The molecule has 0 aromatic heterocycles. The molecule has 174 valence electrons. The van der Waals surface area contributed by atoms with Crippen molar-refractivity contribution in [3.8, 4) is 17.2 Å². The number of benzene rings is 3. The number of carbonyl (C=O) groups excluding carboxylic acids is 1. The van der Waals surface area contributed by atoms with Crippen molar-refractivity contribution < 1.29 is 27.4 Å². The van der Waals surface area contributed by atoms with Gasteiger partial charge in [0, 0.05) is 18.2 Å². The molecule has 1 N–H and O–H groups in total. The van der Waals surface area contributed by atoms with E-state index in [4.69, 9.17) is 14.2 Å². The topological polar surface area (TPSA) is 94.2 Å². The van der Waals surface area contributed by atoms with Crippen molar-refractivity contribution in [1.82, 2.24) is 5.32 Å². The van der Waals surface area contributed by atoms with Crippen molar-refractivity contribution in [1.29, 1.82) is 0 Å². The molecule has 8 nitrogen and oxygen atoms in total. The first-order valence-corrected chi connectivity index (χ1v) is 11.5. The van der Waals surface area contributed by atoms with E-state index in [1.165, 1.54) is 32.4 Å². The number of para-hydroxylation sites is 1. The van der Waals surface area contributed by atoms with Crippen molar-refractivity contribution in [2.75, 3.05) is 32.2 Å². The third-order valence-corrected chi connectivity index (χ3v) is 6.73. The molecule has 0 aliphatic rings. The number of carbonyl (C=O) groups is 1. The standard InChI is InChI=1S/C24H26N2O6S/c1-30-21-12-8-7-9-18(21)16-25-24(27)17-26(33(28,29)20-10-5-4-6-11-20)19-13-14-22(31-2)23(15-19)32-3/h4-15H,16-17H2,1-3H3,(H,25,27). The Morgan fingerprint density at radius 1 is 0.818 bits per heavy atom. The van der Waals surface area contributed by atoms with Gasteiger partial charge in [0.05, 0.1) is 31.9 Å². The van der Waals surface area contributed by atoms with Crippen LogP contribution in [-0.4, -0.2) is 42.2 Å². The fraction of sp³-hybridized carbons (Fsp3) is 0.208. The summed E-state index contributed by atoms with van der Waals surface area (Å²) in [5.41, 5.74) is 1.04. The molecule has 3 aromatic rings. The Morgan fingerprint density at radius 3 is 2.12 bits per heavy atom. The number of ether oxygens (including phenoxy) is 3. The highest BCUT2D eigenvalue weighted by atomic mass is 32.2. The Hall–Kier alpha value is -3.72. The third-order valence-electron chi connectivity index (χ3n) is 4.94. The maximum Gasteiger partial charge on any atom is 0.264 e. The quantitative estimate of drug-likeness (QED) is 0.489. The van der Waals surface area contributed by atoms with E-state index in [0.717, 1.165) is 9.87 Å². The normalized spacial score (nSPS) is 10.9. The van der Waals surface area contributed by atoms with Gasteiger partial charge in [0.1, 0.15) is 12.3 Å². The Bertz CT molecular complexity index is 1200. The van der Waals surface area contributed by atoms with Crippen LogP contribution < -0.4 is 23.8 Å². The molecule has 0 spiro atoms. The number of sulfonamides is 1. The van der Waals surface area contributed by atoms with Crippen molar-refractivity contribution in [2.45, 2.75) is 11.4 Å². The Labute approximate surface area is 193 Å². The van der Waals surface area contributed by atoms with Gasteiger partial charge in [-0.2, -0.15) is 0 Å². The first-order valence-electron chi connectivity index (χ1n) is 10.1. The average molecular weight is 471 g/mol. The van der Waals surface area contributed by atoms with Crippen LogP contribution in [0.2, 0.25) is 0 Å². The minimum atomic E-state index is -4.04. The lowest BCUT2D eigenvalue weighted by atomic mass is 10.2. The van der Waals surface area contributed by atoms with Crippen LogP contribution in [0.3, 0.4) is 0 Å². The van der Waals surface area contributed by atoms with E-state index >= 15 is 0 Å². The van der Waals surface area contributed by atoms with Gasteiger partial charge in [-0.3, -0.25) is 9.10 Å². The predicted molar refractivity (Wildman–Crippen MR) is 125 cm³/mol. The van der Waals surface area contributed by atoms with Crippen LogP contribution in [0.25, 0.3) is 0 Å². The molecule has 0 heterocycles. The van der Waals surface area contributed by atoms with E-state index in [9.17, 15) is 13.2 Å². The largest absolute Gasteiger partial charge is 0.496 e. The van der Waals surface area contributed by atoms with Gasteiger partial charge in [-0.1, -0.05) is 36.4 Å². The van der Waals surface area contributed by atoms with Crippen molar-refractivity contribution in [3.63, 3.8) is 0 Å². The molecule has 9 heteroatoms. The molecular weight excluding hydrogens is 444 g/mol. The van der Waals surface area contributed by atoms with E-state index in [0.29, 0.717) is 17.2 Å². The summed E-state index contributed by atoms with van der Waals surface area (Å²) in [7, 11) is 0.453. The number of hydrogen-bond donors (Lipinski definition) is 1. The number of nitrogens with zero attached hydrogens (tertiary/aromatic N) is 1. The van der Waals surface area contributed by atoms with Crippen LogP contribution in [0.4, 0.5) is 5.69 Å². The minimum absolute atomic E-state index is 0.0670. The second-order valence-corrected chi connectivity index (χ2v) is 8.81. The summed E-state index contributed by atoms with van der Waals surface area (Å²) in [5.74, 6) is 0.943. The summed E-state index contributed by atoms with van der Waals surface area (Å²) in [4.78, 5) is 12.9. The first kappa shape index (κ1) is 23.9. The molecule has 3 aromatic carbocycles. The van der Waals surface area contributed by atoms with E-state index < -0.39 is 22.5 Å². The number of anilines is 1. The zero-order valence-electron chi connectivity index (χ0n) is 18.6. The van der Waals surface area contributed by atoms with Crippen LogP contribution in [0.5, 0.6) is 17.2 Å². The second-order valence-electron chi connectivity index (χ2n) is 6.95. The molecule has 1 amide bonds. The highest BCUT2D eigenvalue weighted by molar-refractivity contribution is 7.92. The molecule has 0 aliphatic carbocycles. The third kappa shape index (κ3) is 5.56. The van der Waals surface area contributed by atoms with Crippen LogP contribution in [0.1, 0.15) is 5.56 Å². The molecular formula is C24H26N2O6S. The lowest BCUT2D eigenvalue weighted by Gasteiger charge is -2.25. The number of rotatable bonds is 10. The van der Waals surface area contributed by atoms with Gasteiger partial charge in [-0.15, -0.1) is 0 Å². The zero-order chi connectivity index (χ0) is 23.8. The smallest absolute Gasteiger partial charge is 0.264 e. The summed E-state index contributed by atoms with van der Waals surface area (Å²) in [5, 5.41) is 2.77. The number of methoxy groups -OCH3 is 3. The van der Waals surface area contributed by atoms with E-state index in [1.807, 2.05) is 18.2 Å². The highest BCUT2D eigenvalue weighted by Crippen LogP contribution is 2.33. The van der Waals surface area contributed by atoms with Crippen LogP contribution in [-0.2, 0) is 21.4 Å². The SMILES string of the molecule is COc1ccccc1CNC(=O)CN(c1ccc(OC)c(OC)c1)S(=O)(=O)c1ccccc1. The van der Waals surface area contributed by atoms with Crippen LogP contribution in [0.15, 0.2) is 77.7 Å². The lowest BCUT2D eigenvalue weighted by Crippen LogP contribution is -2.40. The van der Waals surface area contributed by atoms with Gasteiger partial charge >= 0.3 is 0 Å². The fourth-order valence-corrected chi connectivity index (χ4v) is 4.68. The minimum Gasteiger partial charge on any atom is -0.496 e. The van der Waals surface area contributed by atoms with Gasteiger partial charge in [0.25, 0.3) is 10.0 Å². The molecule has 0 unspecified atom stereocenters. The van der Waals surface area contributed by atoms with Gasteiger partial charge in [-0.05, 0) is 30.3 Å². The Balaban J connectivity index is 1.91. The second kappa shape index (κ2) is 10.7. The average Bonchev–Trinajstić information content (AvgIpc) is 2.86. The molecule has 0 aliphatic heterocycles. The van der Waals surface area contributed by atoms with Gasteiger partial charge in [-0.25, -0.2) is 8.42 Å². The summed E-state index contributed by atoms with van der Waals surface area (Å²) in [6.45, 7) is -0.240. The maximum absolute atomic E-state index is 13.5. The number of hydrogen-bond acceptors (Lipinski definition) is 6. The molecule has 0 saturated heterocycles. The molecule has 0 saturated carbocycles. The zero-order valence-corrected chi connectivity index (χ0v) is 19.5. The number of amides is 1. The predicted octanol–water partition coefficient (Wildman–Crippen LogP) is 3.22.